The molecule has 42 heavy (non-hydrogen) atoms. The summed E-state index contributed by atoms with van der Waals surface area (Å²) in [6.07, 6.45) is -1.82. The summed E-state index contributed by atoms with van der Waals surface area (Å²) in [4.78, 5) is 62.1. The summed E-state index contributed by atoms with van der Waals surface area (Å²) in [6.45, 7) is 11.2. The number of nitrogens with zero attached hydrogens (tertiary/aromatic N) is 1. The molecule has 0 radical (unpaired) electrons. The van der Waals surface area contributed by atoms with Crippen molar-refractivity contribution in [3.05, 3.63) is 35.9 Å². The molecule has 0 heterocycles. The molecule has 0 bridgehead atoms. The summed E-state index contributed by atoms with van der Waals surface area (Å²) in [6, 6.07) is 9.20. The average Bonchev–Trinajstić information content (AvgIpc) is 2.86. The number of carbonyl (C=O) groups excluding carboxylic acids is 5. The van der Waals surface area contributed by atoms with Crippen molar-refractivity contribution in [2.75, 3.05) is 52.4 Å². The number of rotatable bonds is 15. The Labute approximate surface area is 247 Å². The number of alkyl carbamates (subject to hydrolysis) is 3. The molecule has 1 rings (SSSR count). The van der Waals surface area contributed by atoms with E-state index in [0.29, 0.717) is 0 Å². The summed E-state index contributed by atoms with van der Waals surface area (Å²) in [5.41, 5.74) is -0.435. The second-order valence-electron chi connectivity index (χ2n) is 11.3. The number of amides is 5. The van der Waals surface area contributed by atoms with Gasteiger partial charge in [-0.1, -0.05) is 30.3 Å². The maximum absolute atomic E-state index is 12.5. The summed E-state index contributed by atoms with van der Waals surface area (Å²) in [5.74, 6) is -0.765. The van der Waals surface area contributed by atoms with Gasteiger partial charge in [-0.25, -0.2) is 14.4 Å². The van der Waals surface area contributed by atoms with Gasteiger partial charge in [-0.05, 0) is 47.1 Å². The van der Waals surface area contributed by atoms with Crippen molar-refractivity contribution < 1.29 is 38.2 Å². The Morgan fingerprint density at radius 1 is 0.619 bits per heavy atom. The Kier molecular flexibility index (Phi) is 15.7. The Morgan fingerprint density at radius 3 is 1.50 bits per heavy atom. The third kappa shape index (κ3) is 19.9. The topological polar surface area (TPSA) is 176 Å². The standard InChI is InChI=1S/C28H46N6O8/c1-27(2,3)41-25(38)31-14-12-29-22(35)18-34(17-16-33-24(37)40-20-21-10-8-7-9-11-21)19-23(36)30-13-15-32-26(39)42-28(4,5)6/h7-11H,12-20H2,1-6H3,(H,29,35)(H,30,36)(H,31,38)(H,32,39)(H,33,37). The zero-order valence-electron chi connectivity index (χ0n) is 25.5. The van der Waals surface area contributed by atoms with Crippen molar-refractivity contribution in [1.82, 2.24) is 31.5 Å². The lowest BCUT2D eigenvalue weighted by Crippen LogP contribution is -2.47. The zero-order valence-corrected chi connectivity index (χ0v) is 25.5. The van der Waals surface area contributed by atoms with Crippen LogP contribution in [0, 0.1) is 0 Å². The SMILES string of the molecule is CC(C)(C)OC(=O)NCCNC(=O)CN(CCNC(=O)OCc1ccccc1)CC(=O)NCCNC(=O)OC(C)(C)C. The van der Waals surface area contributed by atoms with Crippen LogP contribution in [0.25, 0.3) is 0 Å². The molecular weight excluding hydrogens is 548 g/mol. The molecule has 0 atom stereocenters. The molecule has 1 aromatic carbocycles. The van der Waals surface area contributed by atoms with Crippen LogP contribution < -0.4 is 26.6 Å². The lowest BCUT2D eigenvalue weighted by molar-refractivity contribution is -0.125. The number of benzene rings is 1. The van der Waals surface area contributed by atoms with Gasteiger partial charge in [0.1, 0.15) is 17.8 Å². The normalized spacial score (nSPS) is 11.2. The van der Waals surface area contributed by atoms with E-state index in [2.05, 4.69) is 26.6 Å². The number of ether oxygens (including phenoxy) is 3. The van der Waals surface area contributed by atoms with Crippen molar-refractivity contribution in [2.45, 2.75) is 59.4 Å². The molecule has 0 unspecified atom stereocenters. The lowest BCUT2D eigenvalue weighted by Gasteiger charge is -2.22. The molecule has 0 saturated carbocycles. The summed E-state index contributed by atoms with van der Waals surface area (Å²) >= 11 is 0. The zero-order chi connectivity index (χ0) is 31.6. The minimum Gasteiger partial charge on any atom is -0.445 e. The van der Waals surface area contributed by atoms with Crippen LogP contribution in [-0.2, 0) is 30.4 Å². The summed E-state index contributed by atoms with van der Waals surface area (Å²) < 4.78 is 15.5. The first-order chi connectivity index (χ1) is 19.6. The van der Waals surface area contributed by atoms with Crippen molar-refractivity contribution in [3.8, 4) is 0 Å². The molecule has 5 N–H and O–H groups in total. The van der Waals surface area contributed by atoms with Gasteiger partial charge in [0, 0.05) is 39.3 Å². The fourth-order valence-electron chi connectivity index (χ4n) is 3.18. The van der Waals surface area contributed by atoms with Crippen molar-refractivity contribution in [1.29, 1.82) is 0 Å². The van der Waals surface area contributed by atoms with Crippen LogP contribution >= 0.6 is 0 Å². The first kappa shape index (κ1) is 36.0. The minimum absolute atomic E-state index is 0.107. The molecule has 0 aliphatic carbocycles. The van der Waals surface area contributed by atoms with Crippen LogP contribution in [0.4, 0.5) is 14.4 Å². The van der Waals surface area contributed by atoms with Crippen LogP contribution in [-0.4, -0.2) is 98.6 Å². The van der Waals surface area contributed by atoms with Gasteiger partial charge < -0.3 is 40.8 Å². The Morgan fingerprint density at radius 2 is 1.05 bits per heavy atom. The highest BCUT2D eigenvalue weighted by Gasteiger charge is 2.18. The highest BCUT2D eigenvalue weighted by atomic mass is 16.6. The maximum atomic E-state index is 12.5. The van der Waals surface area contributed by atoms with E-state index in [4.69, 9.17) is 14.2 Å². The van der Waals surface area contributed by atoms with Gasteiger partial charge in [0.15, 0.2) is 0 Å². The molecular formula is C28H46N6O8. The van der Waals surface area contributed by atoms with Crippen LogP contribution in [0.3, 0.4) is 0 Å². The number of nitrogens with one attached hydrogen (secondary N) is 5. The van der Waals surface area contributed by atoms with E-state index in [9.17, 15) is 24.0 Å². The van der Waals surface area contributed by atoms with Crippen LogP contribution in [0.5, 0.6) is 0 Å². The molecule has 1 aromatic rings. The highest BCUT2D eigenvalue weighted by Crippen LogP contribution is 2.07. The highest BCUT2D eigenvalue weighted by molar-refractivity contribution is 5.81. The Hall–Kier alpha value is -4.07. The largest absolute Gasteiger partial charge is 0.445 e. The van der Waals surface area contributed by atoms with E-state index >= 15 is 0 Å². The second kappa shape index (κ2) is 18.4. The molecule has 0 aliphatic rings. The number of carbonyl (C=O) groups is 5. The molecule has 14 heteroatoms. The maximum Gasteiger partial charge on any atom is 0.407 e. The molecule has 0 aliphatic heterocycles. The van der Waals surface area contributed by atoms with Gasteiger partial charge in [-0.3, -0.25) is 14.5 Å². The van der Waals surface area contributed by atoms with E-state index in [1.54, 1.807) is 46.4 Å². The average molecular weight is 595 g/mol. The number of hydrogen-bond donors (Lipinski definition) is 5. The van der Waals surface area contributed by atoms with Crippen molar-refractivity contribution in [3.63, 3.8) is 0 Å². The first-order valence-corrected chi connectivity index (χ1v) is 13.8. The molecule has 0 fully saturated rings. The molecule has 0 saturated heterocycles. The second-order valence-corrected chi connectivity index (χ2v) is 11.3. The smallest absolute Gasteiger partial charge is 0.407 e. The van der Waals surface area contributed by atoms with Gasteiger partial charge in [-0.15, -0.1) is 0 Å². The summed E-state index contributed by atoms with van der Waals surface area (Å²) in [5, 5.41) is 13.0. The molecule has 0 spiro atoms. The third-order valence-corrected chi connectivity index (χ3v) is 4.88. The van der Waals surface area contributed by atoms with E-state index in [1.807, 2.05) is 30.3 Å². The predicted octanol–water partition coefficient (Wildman–Crippen LogP) is 1.50. The van der Waals surface area contributed by atoms with Gasteiger partial charge in [0.2, 0.25) is 11.8 Å². The van der Waals surface area contributed by atoms with E-state index in [-0.39, 0.29) is 70.8 Å². The third-order valence-electron chi connectivity index (χ3n) is 4.88. The molecule has 5 amide bonds. The fourth-order valence-corrected chi connectivity index (χ4v) is 3.18. The minimum atomic E-state index is -0.637. The van der Waals surface area contributed by atoms with Crippen LogP contribution in [0.2, 0.25) is 0 Å². The van der Waals surface area contributed by atoms with Crippen molar-refractivity contribution in [2.24, 2.45) is 0 Å². The van der Waals surface area contributed by atoms with Crippen LogP contribution in [0.1, 0.15) is 47.1 Å². The van der Waals surface area contributed by atoms with Gasteiger partial charge >= 0.3 is 18.3 Å². The van der Waals surface area contributed by atoms with Crippen LogP contribution in [0.15, 0.2) is 30.3 Å². The Bertz CT molecular complexity index is 958. The van der Waals surface area contributed by atoms with E-state index in [1.165, 1.54) is 0 Å². The fraction of sp³-hybridized carbons (Fsp3) is 0.607. The number of hydrogen-bond acceptors (Lipinski definition) is 9. The predicted molar refractivity (Wildman–Crippen MR) is 156 cm³/mol. The van der Waals surface area contributed by atoms with Gasteiger partial charge in [0.05, 0.1) is 13.1 Å². The summed E-state index contributed by atoms with van der Waals surface area (Å²) in [7, 11) is 0. The van der Waals surface area contributed by atoms with Gasteiger partial charge in [-0.2, -0.15) is 0 Å². The monoisotopic (exact) mass is 594 g/mol. The Balaban J connectivity index is 2.51. The van der Waals surface area contributed by atoms with Gasteiger partial charge in [0.25, 0.3) is 0 Å². The lowest BCUT2D eigenvalue weighted by atomic mass is 10.2. The van der Waals surface area contributed by atoms with Crippen molar-refractivity contribution >= 4 is 30.1 Å². The van der Waals surface area contributed by atoms with E-state index in [0.717, 1.165) is 5.56 Å². The quantitative estimate of drug-likeness (QED) is 0.149. The molecule has 14 nitrogen and oxygen atoms in total. The first-order valence-electron chi connectivity index (χ1n) is 13.8. The van der Waals surface area contributed by atoms with E-state index < -0.39 is 29.5 Å². The molecule has 236 valence electrons. The molecule has 0 aromatic heterocycles.